The standard InChI is InChI=1S/C25H31N3O4S/c1-7-13(2)33-24-27-22-20(23(30)28-24)18(14-9-8-10-17(31-5)21(14)32-6)19-15(26-22)11-25(3,4)12-16(19)29/h8-10,13,18H,7,11-12H2,1-6H3,(H2,26,27,28,30). The fourth-order valence-corrected chi connectivity index (χ4v) is 5.52. The monoisotopic (exact) mass is 469 g/mol. The molecule has 0 radical (unpaired) electrons. The van der Waals surface area contributed by atoms with Crippen molar-refractivity contribution in [3.63, 3.8) is 0 Å². The van der Waals surface area contributed by atoms with E-state index in [2.05, 4.69) is 38.0 Å². The van der Waals surface area contributed by atoms with Crippen LogP contribution in [0.15, 0.2) is 39.4 Å². The maximum atomic E-state index is 13.4. The van der Waals surface area contributed by atoms with Crippen LogP contribution in [0.2, 0.25) is 0 Å². The number of thioether (sulfide) groups is 1. The molecule has 1 aromatic heterocycles. The molecule has 0 bridgehead atoms. The first-order chi connectivity index (χ1) is 15.7. The van der Waals surface area contributed by atoms with Gasteiger partial charge in [-0.2, -0.15) is 0 Å². The molecule has 176 valence electrons. The van der Waals surface area contributed by atoms with Crippen molar-refractivity contribution >= 4 is 23.4 Å². The smallest absolute Gasteiger partial charge is 0.257 e. The van der Waals surface area contributed by atoms with Crippen LogP contribution in [0, 0.1) is 5.41 Å². The minimum atomic E-state index is -0.594. The summed E-state index contributed by atoms with van der Waals surface area (Å²) in [6.45, 7) is 8.37. The highest BCUT2D eigenvalue weighted by atomic mass is 32.2. The van der Waals surface area contributed by atoms with Gasteiger partial charge in [-0.1, -0.05) is 51.6 Å². The molecule has 2 aromatic rings. The van der Waals surface area contributed by atoms with Gasteiger partial charge in [0.1, 0.15) is 5.82 Å². The number of allylic oxidation sites excluding steroid dienone is 2. The Balaban J connectivity index is 1.97. The fraction of sp³-hybridized carbons (Fsp3) is 0.480. The van der Waals surface area contributed by atoms with Crippen molar-refractivity contribution in [3.05, 3.63) is 50.9 Å². The van der Waals surface area contributed by atoms with Crippen LogP contribution in [0.5, 0.6) is 11.5 Å². The van der Waals surface area contributed by atoms with Gasteiger partial charge < -0.3 is 19.8 Å². The number of nitrogens with one attached hydrogen (secondary N) is 2. The zero-order valence-electron chi connectivity index (χ0n) is 20.0. The van der Waals surface area contributed by atoms with E-state index in [9.17, 15) is 9.59 Å². The lowest BCUT2D eigenvalue weighted by molar-refractivity contribution is -0.118. The summed E-state index contributed by atoms with van der Waals surface area (Å²) in [5.41, 5.74) is 2.16. The molecule has 7 nitrogen and oxygen atoms in total. The number of carbonyl (C=O) groups is 1. The number of aromatic nitrogens is 2. The lowest BCUT2D eigenvalue weighted by Gasteiger charge is -2.39. The van der Waals surface area contributed by atoms with Gasteiger partial charge in [-0.15, -0.1) is 0 Å². The second-order valence-corrected chi connectivity index (χ2v) is 10.9. The number of methoxy groups -OCH3 is 2. The lowest BCUT2D eigenvalue weighted by Crippen LogP contribution is -2.37. The molecule has 1 aliphatic carbocycles. The first-order valence-corrected chi connectivity index (χ1v) is 12.1. The SMILES string of the molecule is CCC(C)Sc1nc2c(c(=O)[nH]1)C(c1cccc(OC)c1OC)C1=C(CC(C)(C)CC1=O)N2. The number of ketones is 1. The number of ether oxygens (including phenoxy) is 2. The quantitative estimate of drug-likeness (QED) is 0.460. The summed E-state index contributed by atoms with van der Waals surface area (Å²) in [6, 6.07) is 5.55. The van der Waals surface area contributed by atoms with Crippen molar-refractivity contribution in [2.75, 3.05) is 19.5 Å². The highest BCUT2D eigenvalue weighted by Crippen LogP contribution is 2.50. The first-order valence-electron chi connectivity index (χ1n) is 11.2. The van der Waals surface area contributed by atoms with Gasteiger partial charge >= 0.3 is 0 Å². The van der Waals surface area contributed by atoms with Crippen LogP contribution in [0.4, 0.5) is 5.82 Å². The number of fused-ring (bicyclic) bond motifs is 1. The summed E-state index contributed by atoms with van der Waals surface area (Å²) in [5.74, 6) is 1.01. The van der Waals surface area contributed by atoms with E-state index in [0.29, 0.717) is 51.7 Å². The highest BCUT2D eigenvalue weighted by molar-refractivity contribution is 7.99. The Hall–Kier alpha value is -2.74. The Bertz CT molecular complexity index is 1180. The number of carbonyl (C=O) groups excluding carboxylic acids is 1. The Kier molecular flexibility index (Phi) is 6.31. The minimum absolute atomic E-state index is 0.0340. The van der Waals surface area contributed by atoms with E-state index in [1.165, 1.54) is 11.8 Å². The van der Waals surface area contributed by atoms with Gasteiger partial charge in [0.2, 0.25) is 0 Å². The van der Waals surface area contributed by atoms with E-state index in [1.807, 2.05) is 12.1 Å². The molecule has 0 fully saturated rings. The molecule has 2 aliphatic rings. The van der Waals surface area contributed by atoms with Crippen molar-refractivity contribution in [2.45, 2.75) is 63.3 Å². The summed E-state index contributed by atoms with van der Waals surface area (Å²) >= 11 is 1.54. The van der Waals surface area contributed by atoms with E-state index >= 15 is 0 Å². The molecular weight excluding hydrogens is 438 g/mol. The van der Waals surface area contributed by atoms with Gasteiger partial charge in [-0.25, -0.2) is 4.98 Å². The van der Waals surface area contributed by atoms with Crippen LogP contribution in [-0.4, -0.2) is 35.2 Å². The van der Waals surface area contributed by atoms with E-state index in [1.54, 1.807) is 20.3 Å². The topological polar surface area (TPSA) is 93.3 Å². The molecule has 0 saturated heterocycles. The summed E-state index contributed by atoms with van der Waals surface area (Å²) in [6.07, 6.45) is 2.07. The average molecular weight is 470 g/mol. The number of Topliss-reactive ketones (excluding diaryl/α,β-unsaturated/α-hetero) is 1. The number of hydrogen-bond donors (Lipinski definition) is 2. The molecule has 4 rings (SSSR count). The number of nitrogens with zero attached hydrogens (tertiary/aromatic N) is 1. The van der Waals surface area contributed by atoms with Crippen molar-refractivity contribution in [1.29, 1.82) is 0 Å². The van der Waals surface area contributed by atoms with Crippen molar-refractivity contribution in [2.24, 2.45) is 5.41 Å². The largest absolute Gasteiger partial charge is 0.493 e. The predicted molar refractivity (Wildman–Crippen MR) is 131 cm³/mol. The normalized spacial score (nSPS) is 19.9. The molecule has 33 heavy (non-hydrogen) atoms. The third-order valence-electron chi connectivity index (χ3n) is 6.33. The predicted octanol–water partition coefficient (Wildman–Crippen LogP) is 4.88. The maximum absolute atomic E-state index is 13.4. The summed E-state index contributed by atoms with van der Waals surface area (Å²) in [7, 11) is 3.14. The average Bonchev–Trinajstić information content (AvgIpc) is 2.75. The van der Waals surface area contributed by atoms with Gasteiger partial charge in [0.15, 0.2) is 22.4 Å². The molecular formula is C25H31N3O4S. The molecule has 1 aromatic carbocycles. The number of para-hydroxylation sites is 1. The van der Waals surface area contributed by atoms with Crippen LogP contribution < -0.4 is 20.3 Å². The van der Waals surface area contributed by atoms with E-state index in [4.69, 9.17) is 14.5 Å². The lowest BCUT2D eigenvalue weighted by atomic mass is 9.69. The molecule has 2 N–H and O–H groups in total. The van der Waals surface area contributed by atoms with Crippen LogP contribution >= 0.6 is 11.8 Å². The van der Waals surface area contributed by atoms with Gasteiger partial charge in [0.25, 0.3) is 5.56 Å². The highest BCUT2D eigenvalue weighted by Gasteiger charge is 2.43. The van der Waals surface area contributed by atoms with E-state index in [0.717, 1.165) is 17.7 Å². The number of rotatable bonds is 6. The molecule has 0 saturated carbocycles. The molecule has 1 aliphatic heterocycles. The second-order valence-electron chi connectivity index (χ2n) is 9.44. The van der Waals surface area contributed by atoms with Gasteiger partial charge in [-0.05, 0) is 24.3 Å². The zero-order valence-corrected chi connectivity index (χ0v) is 20.8. The first kappa shape index (κ1) is 23.4. The molecule has 8 heteroatoms. The van der Waals surface area contributed by atoms with E-state index < -0.39 is 5.92 Å². The van der Waals surface area contributed by atoms with Crippen molar-refractivity contribution in [1.82, 2.24) is 9.97 Å². The number of benzene rings is 1. The Labute approximate surface area is 198 Å². The van der Waals surface area contributed by atoms with Crippen molar-refractivity contribution in [3.8, 4) is 11.5 Å². The van der Waals surface area contributed by atoms with Crippen LogP contribution in [0.25, 0.3) is 0 Å². The third-order valence-corrected chi connectivity index (χ3v) is 7.48. The van der Waals surface area contributed by atoms with Crippen molar-refractivity contribution < 1.29 is 14.3 Å². The Morgan fingerprint density at radius 1 is 1.21 bits per heavy atom. The van der Waals surface area contributed by atoms with Gasteiger partial charge in [-0.3, -0.25) is 9.59 Å². The van der Waals surface area contributed by atoms with Crippen LogP contribution in [0.3, 0.4) is 0 Å². The number of aromatic amines is 1. The van der Waals surface area contributed by atoms with Gasteiger partial charge in [0.05, 0.1) is 25.7 Å². The summed E-state index contributed by atoms with van der Waals surface area (Å²) in [5, 5.41) is 4.25. The third kappa shape index (κ3) is 4.28. The minimum Gasteiger partial charge on any atom is -0.493 e. The second kappa shape index (κ2) is 8.89. The summed E-state index contributed by atoms with van der Waals surface area (Å²) < 4.78 is 11.2. The summed E-state index contributed by atoms with van der Waals surface area (Å²) in [4.78, 5) is 34.6. The molecule has 2 heterocycles. The van der Waals surface area contributed by atoms with Gasteiger partial charge in [0, 0.05) is 28.5 Å². The van der Waals surface area contributed by atoms with Crippen LogP contribution in [-0.2, 0) is 4.79 Å². The molecule has 2 unspecified atom stereocenters. The molecule has 0 amide bonds. The van der Waals surface area contributed by atoms with E-state index in [-0.39, 0.29) is 16.8 Å². The Morgan fingerprint density at radius 3 is 2.64 bits per heavy atom. The number of H-pyrrole nitrogens is 1. The fourth-order valence-electron chi connectivity index (χ4n) is 4.67. The number of anilines is 1. The molecule has 2 atom stereocenters. The maximum Gasteiger partial charge on any atom is 0.257 e. The molecule has 0 spiro atoms. The van der Waals surface area contributed by atoms with Crippen LogP contribution in [0.1, 0.15) is 64.0 Å². The zero-order chi connectivity index (χ0) is 23.9. The number of hydrogen-bond acceptors (Lipinski definition) is 7. The Morgan fingerprint density at radius 2 is 1.97 bits per heavy atom.